The Morgan fingerprint density at radius 1 is 1.31 bits per heavy atom. The van der Waals surface area contributed by atoms with Crippen LogP contribution in [0.1, 0.15) is 44.1 Å². The van der Waals surface area contributed by atoms with Gasteiger partial charge in [0.15, 0.2) is 9.84 Å². The maximum Gasteiger partial charge on any atom is 0.227 e. The SMILES string of the molecule is COC(CN)CC(=O)Nc1cccc(CS(=O)(=O)C2CCCCC2)c1.Cl. The van der Waals surface area contributed by atoms with Crippen LogP contribution in [0, 0.1) is 0 Å². The molecule has 26 heavy (non-hydrogen) atoms. The summed E-state index contributed by atoms with van der Waals surface area (Å²) in [4.78, 5) is 12.0. The molecule has 1 atom stereocenters. The number of nitrogens with two attached hydrogens (primary N) is 1. The number of rotatable bonds is 8. The van der Waals surface area contributed by atoms with Crippen molar-refractivity contribution in [1.29, 1.82) is 0 Å². The summed E-state index contributed by atoms with van der Waals surface area (Å²) in [7, 11) is -1.64. The molecule has 3 N–H and O–H groups in total. The lowest BCUT2D eigenvalue weighted by Crippen LogP contribution is -2.28. The highest BCUT2D eigenvalue weighted by Gasteiger charge is 2.27. The molecule has 1 unspecified atom stereocenters. The summed E-state index contributed by atoms with van der Waals surface area (Å²) in [6.45, 7) is 0.267. The normalized spacial score (nSPS) is 16.5. The first-order chi connectivity index (χ1) is 11.9. The zero-order valence-corrected chi connectivity index (χ0v) is 16.8. The van der Waals surface area contributed by atoms with Crippen molar-refractivity contribution in [2.24, 2.45) is 5.73 Å². The fourth-order valence-corrected chi connectivity index (χ4v) is 5.13. The van der Waals surface area contributed by atoms with Gasteiger partial charge in [0.1, 0.15) is 0 Å². The van der Waals surface area contributed by atoms with Crippen LogP contribution in [0.2, 0.25) is 0 Å². The summed E-state index contributed by atoms with van der Waals surface area (Å²) in [5, 5.41) is 2.55. The number of hydrogen-bond donors (Lipinski definition) is 2. The molecule has 2 rings (SSSR count). The fraction of sp³-hybridized carbons (Fsp3) is 0.611. The summed E-state index contributed by atoms with van der Waals surface area (Å²) in [6.07, 6.45) is 4.46. The molecule has 1 saturated carbocycles. The van der Waals surface area contributed by atoms with E-state index in [0.29, 0.717) is 11.3 Å². The molecule has 0 heterocycles. The fourth-order valence-electron chi connectivity index (χ4n) is 3.19. The van der Waals surface area contributed by atoms with Crippen LogP contribution in [0.25, 0.3) is 0 Å². The lowest BCUT2D eigenvalue weighted by Gasteiger charge is -2.21. The molecule has 0 spiro atoms. The lowest BCUT2D eigenvalue weighted by atomic mass is 10.0. The molecule has 0 bridgehead atoms. The van der Waals surface area contributed by atoms with Crippen molar-refractivity contribution in [1.82, 2.24) is 0 Å². The van der Waals surface area contributed by atoms with Crippen LogP contribution in [-0.4, -0.2) is 39.3 Å². The van der Waals surface area contributed by atoms with Crippen molar-refractivity contribution in [2.45, 2.75) is 55.6 Å². The molecule has 0 aromatic heterocycles. The summed E-state index contributed by atoms with van der Waals surface area (Å²) >= 11 is 0. The largest absolute Gasteiger partial charge is 0.380 e. The molecule has 148 valence electrons. The number of sulfone groups is 1. The van der Waals surface area contributed by atoms with Gasteiger partial charge in [-0.3, -0.25) is 4.79 Å². The number of amides is 1. The van der Waals surface area contributed by atoms with E-state index in [1.165, 1.54) is 7.11 Å². The Balaban J connectivity index is 0.00000338. The predicted molar refractivity (Wildman–Crippen MR) is 106 cm³/mol. The van der Waals surface area contributed by atoms with E-state index in [1.54, 1.807) is 24.3 Å². The number of benzene rings is 1. The number of nitrogens with one attached hydrogen (secondary N) is 1. The molecule has 0 radical (unpaired) electrons. The number of halogens is 1. The van der Waals surface area contributed by atoms with E-state index in [0.717, 1.165) is 32.1 Å². The summed E-state index contributed by atoms with van der Waals surface area (Å²) in [5.41, 5.74) is 6.81. The summed E-state index contributed by atoms with van der Waals surface area (Å²) < 4.78 is 30.3. The second-order valence-electron chi connectivity index (χ2n) is 6.61. The average Bonchev–Trinajstić information content (AvgIpc) is 2.60. The van der Waals surface area contributed by atoms with Crippen LogP contribution in [-0.2, 0) is 25.1 Å². The predicted octanol–water partition coefficient (Wildman–Crippen LogP) is 2.66. The van der Waals surface area contributed by atoms with Gasteiger partial charge in [-0.1, -0.05) is 31.4 Å². The second-order valence-corrected chi connectivity index (χ2v) is 8.89. The minimum Gasteiger partial charge on any atom is -0.380 e. The van der Waals surface area contributed by atoms with Crippen molar-refractivity contribution < 1.29 is 17.9 Å². The second kappa shape index (κ2) is 10.9. The van der Waals surface area contributed by atoms with Crippen molar-refractivity contribution >= 4 is 33.8 Å². The van der Waals surface area contributed by atoms with Gasteiger partial charge in [-0.25, -0.2) is 8.42 Å². The lowest BCUT2D eigenvalue weighted by molar-refractivity contribution is -0.118. The first kappa shape index (κ1) is 22.9. The van der Waals surface area contributed by atoms with Crippen LogP contribution < -0.4 is 11.1 Å². The van der Waals surface area contributed by atoms with Crippen LogP contribution in [0.5, 0.6) is 0 Å². The minimum absolute atomic E-state index is 0. The number of methoxy groups -OCH3 is 1. The van der Waals surface area contributed by atoms with E-state index < -0.39 is 9.84 Å². The molecule has 0 saturated heterocycles. The Kier molecular flexibility index (Phi) is 9.57. The Bertz CT molecular complexity index is 672. The van der Waals surface area contributed by atoms with Gasteiger partial charge >= 0.3 is 0 Å². The van der Waals surface area contributed by atoms with Gasteiger partial charge in [0.2, 0.25) is 5.91 Å². The van der Waals surface area contributed by atoms with E-state index in [4.69, 9.17) is 10.5 Å². The van der Waals surface area contributed by atoms with Gasteiger partial charge < -0.3 is 15.8 Å². The average molecular weight is 405 g/mol. The first-order valence-corrected chi connectivity index (χ1v) is 10.5. The Hall–Kier alpha value is -1.15. The van der Waals surface area contributed by atoms with Crippen LogP contribution in [0.15, 0.2) is 24.3 Å². The Labute approximate surface area is 162 Å². The maximum absolute atomic E-state index is 12.6. The van der Waals surface area contributed by atoms with Crippen LogP contribution in [0.3, 0.4) is 0 Å². The highest BCUT2D eigenvalue weighted by molar-refractivity contribution is 7.91. The molecule has 1 amide bonds. The van der Waals surface area contributed by atoms with Gasteiger partial charge in [-0.2, -0.15) is 0 Å². The van der Waals surface area contributed by atoms with Gasteiger partial charge in [0, 0.05) is 19.3 Å². The zero-order valence-electron chi connectivity index (χ0n) is 15.1. The number of carbonyl (C=O) groups is 1. The van der Waals surface area contributed by atoms with E-state index in [2.05, 4.69) is 5.32 Å². The molecule has 1 aromatic rings. The molecule has 1 aromatic carbocycles. The first-order valence-electron chi connectivity index (χ1n) is 8.78. The van der Waals surface area contributed by atoms with Gasteiger partial charge in [-0.15, -0.1) is 12.4 Å². The monoisotopic (exact) mass is 404 g/mol. The van der Waals surface area contributed by atoms with E-state index >= 15 is 0 Å². The molecule has 1 aliphatic rings. The third-order valence-corrected chi connectivity index (χ3v) is 6.87. The molecule has 6 nitrogen and oxygen atoms in total. The zero-order chi connectivity index (χ0) is 18.3. The third kappa shape index (κ3) is 6.87. The van der Waals surface area contributed by atoms with Crippen molar-refractivity contribution in [2.75, 3.05) is 19.0 Å². The Morgan fingerprint density at radius 3 is 2.62 bits per heavy atom. The molecule has 1 fully saturated rings. The summed E-state index contributed by atoms with van der Waals surface area (Å²) in [5.74, 6) is -0.185. The van der Waals surface area contributed by atoms with Crippen LogP contribution in [0.4, 0.5) is 5.69 Å². The van der Waals surface area contributed by atoms with Gasteiger partial charge in [0.05, 0.1) is 23.5 Å². The highest BCUT2D eigenvalue weighted by atomic mass is 35.5. The van der Waals surface area contributed by atoms with Crippen LogP contribution >= 0.6 is 12.4 Å². The quantitative estimate of drug-likeness (QED) is 0.693. The van der Waals surface area contributed by atoms with Crippen molar-refractivity contribution in [3.05, 3.63) is 29.8 Å². The van der Waals surface area contributed by atoms with Crippen molar-refractivity contribution in [3.8, 4) is 0 Å². The van der Waals surface area contributed by atoms with Gasteiger partial charge in [0.25, 0.3) is 0 Å². The summed E-state index contributed by atoms with van der Waals surface area (Å²) in [6, 6.07) is 7.02. The molecular formula is C18H29ClN2O4S. The van der Waals surface area contributed by atoms with E-state index in [-0.39, 0.29) is 48.4 Å². The standard InChI is InChI=1S/C18H28N2O4S.ClH/c1-24-16(12-19)11-18(21)20-15-7-5-6-14(10-15)13-25(22,23)17-8-3-2-4-9-17;/h5-7,10,16-17H,2-4,8-9,11-13,19H2,1H3,(H,20,21);1H. The minimum atomic E-state index is -3.16. The topological polar surface area (TPSA) is 98.5 Å². The molecule has 1 aliphatic carbocycles. The Morgan fingerprint density at radius 2 is 2.00 bits per heavy atom. The molecular weight excluding hydrogens is 376 g/mol. The molecule has 0 aliphatic heterocycles. The maximum atomic E-state index is 12.6. The molecule has 8 heteroatoms. The van der Waals surface area contributed by atoms with E-state index in [9.17, 15) is 13.2 Å². The number of anilines is 1. The smallest absolute Gasteiger partial charge is 0.227 e. The highest BCUT2D eigenvalue weighted by Crippen LogP contribution is 2.26. The number of hydrogen-bond acceptors (Lipinski definition) is 5. The van der Waals surface area contributed by atoms with Crippen molar-refractivity contribution in [3.63, 3.8) is 0 Å². The third-order valence-electron chi connectivity index (χ3n) is 4.65. The number of ether oxygens (including phenoxy) is 1. The van der Waals surface area contributed by atoms with E-state index in [1.807, 2.05) is 0 Å². The number of carbonyl (C=O) groups excluding carboxylic acids is 1. The van der Waals surface area contributed by atoms with Gasteiger partial charge in [-0.05, 0) is 30.5 Å².